The fourth-order valence-corrected chi connectivity index (χ4v) is 3.47. The Labute approximate surface area is 180 Å². The van der Waals surface area contributed by atoms with E-state index >= 15 is 0 Å². The predicted octanol–water partition coefficient (Wildman–Crippen LogP) is 3.86. The zero-order valence-electron chi connectivity index (χ0n) is 16.3. The number of rotatable bonds is 8. The molecule has 29 heavy (non-hydrogen) atoms. The van der Waals surface area contributed by atoms with Gasteiger partial charge < -0.3 is 19.8 Å². The second kappa shape index (κ2) is 10.7. The monoisotopic (exact) mass is 437 g/mol. The van der Waals surface area contributed by atoms with Crippen LogP contribution in [0.2, 0.25) is 10.0 Å². The van der Waals surface area contributed by atoms with Gasteiger partial charge in [0, 0.05) is 36.2 Å². The maximum absolute atomic E-state index is 12.3. The third-order valence-corrected chi connectivity index (χ3v) is 5.41. The number of ether oxygens (including phenoxy) is 2. The van der Waals surface area contributed by atoms with Crippen molar-refractivity contribution in [1.82, 2.24) is 15.2 Å². The van der Waals surface area contributed by atoms with Crippen molar-refractivity contribution in [3.63, 3.8) is 0 Å². The molecule has 1 aromatic carbocycles. The van der Waals surface area contributed by atoms with E-state index < -0.39 is 0 Å². The van der Waals surface area contributed by atoms with Crippen molar-refractivity contribution < 1.29 is 14.3 Å². The minimum atomic E-state index is -0.227. The molecule has 0 radical (unpaired) electrons. The molecule has 1 aliphatic heterocycles. The minimum absolute atomic E-state index is 0.227. The summed E-state index contributed by atoms with van der Waals surface area (Å²) in [6, 6.07) is 5.56. The van der Waals surface area contributed by atoms with Gasteiger partial charge in [0.25, 0.3) is 5.91 Å². The number of hydrogen-bond donors (Lipinski definition) is 2. The molecule has 2 N–H and O–H groups in total. The molecule has 0 atom stereocenters. The molecule has 2 heterocycles. The number of allylic oxidation sites excluding steroid dienone is 2. The van der Waals surface area contributed by atoms with Crippen molar-refractivity contribution in [3.8, 4) is 0 Å². The largest absolute Gasteiger partial charge is 0.491 e. The van der Waals surface area contributed by atoms with Crippen LogP contribution in [-0.2, 0) is 14.3 Å². The number of hydrogen-bond acceptors (Lipinski definition) is 4. The Balaban J connectivity index is 1.51. The maximum atomic E-state index is 12.3. The van der Waals surface area contributed by atoms with Gasteiger partial charge in [-0.05, 0) is 43.3 Å². The SMILES string of the molecule is COC(=CC=Cc1cc2cc(Cl)c(Cl)cc2[nH]1)C(=O)NCCCN1CCOCC1. The van der Waals surface area contributed by atoms with Crippen molar-refractivity contribution in [2.75, 3.05) is 46.5 Å². The topological polar surface area (TPSA) is 66.6 Å². The predicted molar refractivity (Wildman–Crippen MR) is 117 cm³/mol. The zero-order valence-corrected chi connectivity index (χ0v) is 17.9. The van der Waals surface area contributed by atoms with Crippen LogP contribution in [0, 0.1) is 0 Å². The number of aromatic nitrogens is 1. The first kappa shape index (κ1) is 21.7. The molecule has 0 bridgehead atoms. The first-order chi connectivity index (χ1) is 14.1. The Morgan fingerprint density at radius 1 is 1.28 bits per heavy atom. The van der Waals surface area contributed by atoms with Crippen LogP contribution >= 0.6 is 23.2 Å². The highest BCUT2D eigenvalue weighted by molar-refractivity contribution is 6.42. The number of methoxy groups -OCH3 is 1. The molecule has 6 nitrogen and oxygen atoms in total. The molecule has 2 aromatic rings. The molecule has 0 saturated carbocycles. The number of benzene rings is 1. The Hall–Kier alpha value is -1.99. The number of fused-ring (bicyclic) bond motifs is 1. The second-order valence-corrected chi connectivity index (χ2v) is 7.55. The lowest BCUT2D eigenvalue weighted by Gasteiger charge is -2.26. The van der Waals surface area contributed by atoms with E-state index in [2.05, 4.69) is 15.2 Å². The molecule has 1 aliphatic rings. The van der Waals surface area contributed by atoms with E-state index in [4.69, 9.17) is 32.7 Å². The smallest absolute Gasteiger partial charge is 0.286 e. The van der Waals surface area contributed by atoms with Gasteiger partial charge in [0.2, 0.25) is 0 Å². The lowest BCUT2D eigenvalue weighted by molar-refractivity contribution is -0.120. The summed E-state index contributed by atoms with van der Waals surface area (Å²) in [7, 11) is 1.49. The molecule has 3 rings (SSSR count). The van der Waals surface area contributed by atoms with Gasteiger partial charge in [-0.1, -0.05) is 29.3 Å². The van der Waals surface area contributed by atoms with E-state index in [9.17, 15) is 4.79 Å². The molecule has 1 saturated heterocycles. The van der Waals surface area contributed by atoms with Gasteiger partial charge >= 0.3 is 0 Å². The summed E-state index contributed by atoms with van der Waals surface area (Å²) in [6.07, 6.45) is 6.15. The first-order valence-electron chi connectivity index (χ1n) is 9.55. The van der Waals surface area contributed by atoms with Crippen molar-refractivity contribution >= 4 is 46.1 Å². The number of halogens is 2. The van der Waals surface area contributed by atoms with Gasteiger partial charge in [0.05, 0.1) is 30.4 Å². The van der Waals surface area contributed by atoms with Crippen LogP contribution in [0.25, 0.3) is 17.0 Å². The number of carbonyl (C=O) groups excluding carboxylic acids is 1. The molecule has 0 unspecified atom stereocenters. The van der Waals surface area contributed by atoms with E-state index in [-0.39, 0.29) is 11.7 Å². The quantitative estimate of drug-likeness (QED) is 0.284. The Bertz CT molecular complexity index is 863. The van der Waals surface area contributed by atoms with Crippen LogP contribution in [0.4, 0.5) is 0 Å². The normalized spacial score (nSPS) is 15.9. The second-order valence-electron chi connectivity index (χ2n) is 6.74. The average molecular weight is 438 g/mol. The van der Waals surface area contributed by atoms with Crippen LogP contribution in [0.5, 0.6) is 0 Å². The van der Waals surface area contributed by atoms with Gasteiger partial charge in [-0.2, -0.15) is 0 Å². The van der Waals surface area contributed by atoms with Crippen LogP contribution in [0.1, 0.15) is 12.1 Å². The number of nitrogens with one attached hydrogen (secondary N) is 2. The molecule has 0 spiro atoms. The fourth-order valence-electron chi connectivity index (χ4n) is 3.13. The third-order valence-electron chi connectivity index (χ3n) is 4.69. The molecule has 8 heteroatoms. The lowest BCUT2D eigenvalue weighted by atomic mass is 10.2. The Morgan fingerprint density at radius 2 is 2.03 bits per heavy atom. The van der Waals surface area contributed by atoms with Crippen molar-refractivity contribution in [1.29, 1.82) is 0 Å². The number of H-pyrrole nitrogens is 1. The zero-order chi connectivity index (χ0) is 20.6. The number of morpholine rings is 1. The molecule has 1 aromatic heterocycles. The van der Waals surface area contributed by atoms with Gasteiger partial charge in [0.15, 0.2) is 5.76 Å². The Kier molecular flexibility index (Phi) is 8.00. The standard InChI is InChI=1S/C21H25Cl2N3O3/c1-28-20(21(27)24-6-3-7-26-8-10-29-11-9-26)5-2-4-16-12-15-13-17(22)18(23)14-19(15)25-16/h2,4-5,12-14,25H,3,6-11H2,1H3,(H,24,27). The van der Waals surface area contributed by atoms with Crippen LogP contribution < -0.4 is 5.32 Å². The van der Waals surface area contributed by atoms with Crippen LogP contribution in [-0.4, -0.2) is 62.3 Å². The van der Waals surface area contributed by atoms with Crippen molar-refractivity contribution in [2.24, 2.45) is 0 Å². The van der Waals surface area contributed by atoms with Gasteiger partial charge in [-0.25, -0.2) is 0 Å². The highest BCUT2D eigenvalue weighted by Gasteiger charge is 2.11. The Morgan fingerprint density at radius 3 is 2.79 bits per heavy atom. The van der Waals surface area contributed by atoms with E-state index in [1.165, 1.54) is 7.11 Å². The number of carbonyl (C=O) groups is 1. The summed E-state index contributed by atoms with van der Waals surface area (Å²) in [5.74, 6) is 0.0316. The average Bonchev–Trinajstić information content (AvgIpc) is 3.11. The summed E-state index contributed by atoms with van der Waals surface area (Å²) in [5, 5.41) is 4.88. The summed E-state index contributed by atoms with van der Waals surface area (Å²) in [4.78, 5) is 17.9. The summed E-state index contributed by atoms with van der Waals surface area (Å²) < 4.78 is 10.5. The number of aromatic amines is 1. The van der Waals surface area contributed by atoms with Gasteiger partial charge in [0.1, 0.15) is 0 Å². The van der Waals surface area contributed by atoms with Gasteiger partial charge in [-0.15, -0.1) is 0 Å². The van der Waals surface area contributed by atoms with Crippen molar-refractivity contribution in [3.05, 3.63) is 51.8 Å². The molecule has 1 fully saturated rings. The van der Waals surface area contributed by atoms with E-state index in [1.54, 1.807) is 18.2 Å². The summed E-state index contributed by atoms with van der Waals surface area (Å²) in [6.45, 7) is 5.02. The van der Waals surface area contributed by atoms with E-state index in [1.807, 2.05) is 18.2 Å². The highest BCUT2D eigenvalue weighted by Crippen LogP contribution is 2.28. The third kappa shape index (κ3) is 6.24. The fraction of sp³-hybridized carbons (Fsp3) is 0.381. The van der Waals surface area contributed by atoms with E-state index in [0.717, 1.165) is 55.9 Å². The minimum Gasteiger partial charge on any atom is -0.491 e. The van der Waals surface area contributed by atoms with Crippen molar-refractivity contribution in [2.45, 2.75) is 6.42 Å². The molecular formula is C21H25Cl2N3O3. The molecule has 156 valence electrons. The maximum Gasteiger partial charge on any atom is 0.286 e. The summed E-state index contributed by atoms with van der Waals surface area (Å²) in [5.41, 5.74) is 1.77. The first-order valence-corrected chi connectivity index (χ1v) is 10.3. The molecule has 0 aliphatic carbocycles. The number of amides is 1. The lowest BCUT2D eigenvalue weighted by Crippen LogP contribution is -2.38. The van der Waals surface area contributed by atoms with Gasteiger partial charge in [-0.3, -0.25) is 9.69 Å². The summed E-state index contributed by atoms with van der Waals surface area (Å²) >= 11 is 12.1. The molecule has 1 amide bonds. The molecular weight excluding hydrogens is 413 g/mol. The number of nitrogens with zero attached hydrogens (tertiary/aromatic N) is 1. The van der Waals surface area contributed by atoms with Crippen LogP contribution in [0.15, 0.2) is 36.1 Å². The van der Waals surface area contributed by atoms with E-state index in [0.29, 0.717) is 16.6 Å². The highest BCUT2D eigenvalue weighted by atomic mass is 35.5. The van der Waals surface area contributed by atoms with Crippen LogP contribution in [0.3, 0.4) is 0 Å².